The summed E-state index contributed by atoms with van der Waals surface area (Å²) in [5.41, 5.74) is 0. The third-order valence-corrected chi connectivity index (χ3v) is 13.5. The van der Waals surface area contributed by atoms with Crippen molar-refractivity contribution in [2.75, 3.05) is 13.2 Å². The molecular weight excluding hydrogens is 997 g/mol. The molecule has 1 unspecified atom stereocenters. The fraction of sp³-hybridized carbons (Fsp3) is 0.613. The number of carbonyl (C=O) groups is 3. The van der Waals surface area contributed by atoms with Crippen LogP contribution in [0.4, 0.5) is 0 Å². The number of unbranched alkanes of at least 4 members (excludes halogenated alkanes) is 22. The molecule has 0 fully saturated rings. The van der Waals surface area contributed by atoms with Crippen LogP contribution >= 0.6 is 0 Å². The lowest BCUT2D eigenvalue weighted by atomic mass is 10.1. The molecule has 0 N–H and O–H groups in total. The van der Waals surface area contributed by atoms with Gasteiger partial charge in [0.1, 0.15) is 13.2 Å². The summed E-state index contributed by atoms with van der Waals surface area (Å²) in [6.07, 6.45) is 98.4. The molecule has 0 aromatic rings. The lowest BCUT2D eigenvalue weighted by Gasteiger charge is -2.18. The average Bonchev–Trinajstić information content (AvgIpc) is 3.47. The Morgan fingerprint density at radius 1 is 0.272 bits per heavy atom. The van der Waals surface area contributed by atoms with Crippen molar-refractivity contribution >= 4 is 17.9 Å². The minimum atomic E-state index is -0.834. The Bertz CT molecular complexity index is 1810. The molecule has 6 nitrogen and oxygen atoms in total. The van der Waals surface area contributed by atoms with E-state index in [-0.39, 0.29) is 31.6 Å². The van der Waals surface area contributed by atoms with Gasteiger partial charge in [0.15, 0.2) is 6.10 Å². The Hall–Kier alpha value is -4.97. The average molecular weight is 1120 g/mol. The summed E-state index contributed by atoms with van der Waals surface area (Å²) in [6.45, 7) is 6.31. The lowest BCUT2D eigenvalue weighted by molar-refractivity contribution is -0.166. The maximum absolute atomic E-state index is 12.9. The second-order valence-electron chi connectivity index (χ2n) is 21.3. The molecular formula is C75H120O6. The molecule has 0 aliphatic carbocycles. The number of hydrogen-bond acceptors (Lipinski definition) is 6. The van der Waals surface area contributed by atoms with Crippen LogP contribution in [-0.2, 0) is 28.6 Å². The molecule has 0 aliphatic heterocycles. The van der Waals surface area contributed by atoms with Crippen LogP contribution in [0.2, 0.25) is 0 Å². The van der Waals surface area contributed by atoms with E-state index in [9.17, 15) is 14.4 Å². The van der Waals surface area contributed by atoms with Crippen LogP contribution in [0.25, 0.3) is 0 Å². The molecule has 0 aromatic carbocycles. The second-order valence-corrected chi connectivity index (χ2v) is 21.3. The van der Waals surface area contributed by atoms with E-state index in [0.29, 0.717) is 12.8 Å². The summed E-state index contributed by atoms with van der Waals surface area (Å²) in [6, 6.07) is 0. The number of rotatable bonds is 58. The zero-order valence-corrected chi connectivity index (χ0v) is 52.2. The first-order chi connectivity index (χ1) is 40.0. The molecule has 456 valence electrons. The molecule has 0 amide bonds. The van der Waals surface area contributed by atoms with Gasteiger partial charge in [0, 0.05) is 12.8 Å². The van der Waals surface area contributed by atoms with Crippen LogP contribution in [0.3, 0.4) is 0 Å². The number of allylic oxidation sites excluding steroid dienone is 25. The van der Waals surface area contributed by atoms with Crippen molar-refractivity contribution in [3.63, 3.8) is 0 Å². The number of ether oxygens (including phenoxy) is 3. The van der Waals surface area contributed by atoms with Crippen LogP contribution in [0.1, 0.15) is 278 Å². The van der Waals surface area contributed by atoms with Crippen LogP contribution in [0, 0.1) is 0 Å². The summed E-state index contributed by atoms with van der Waals surface area (Å²) in [5, 5.41) is 0. The van der Waals surface area contributed by atoms with Crippen molar-refractivity contribution in [3.8, 4) is 0 Å². The number of carbonyl (C=O) groups excluding carboxylic acids is 3. The fourth-order valence-corrected chi connectivity index (χ4v) is 8.67. The first kappa shape index (κ1) is 76.0. The van der Waals surface area contributed by atoms with Crippen LogP contribution in [0.15, 0.2) is 158 Å². The molecule has 0 bridgehead atoms. The third kappa shape index (κ3) is 65.7. The summed E-state index contributed by atoms with van der Waals surface area (Å²) < 4.78 is 16.8. The molecule has 0 radical (unpaired) electrons. The maximum Gasteiger partial charge on any atom is 0.309 e. The molecule has 0 aliphatic rings. The molecule has 0 saturated heterocycles. The van der Waals surface area contributed by atoms with Gasteiger partial charge in [-0.25, -0.2) is 0 Å². The minimum absolute atomic E-state index is 0.118. The van der Waals surface area contributed by atoms with E-state index in [4.69, 9.17) is 14.2 Å². The van der Waals surface area contributed by atoms with Gasteiger partial charge in [-0.2, -0.15) is 0 Å². The van der Waals surface area contributed by atoms with E-state index >= 15 is 0 Å². The topological polar surface area (TPSA) is 78.9 Å². The van der Waals surface area contributed by atoms with Gasteiger partial charge in [0.25, 0.3) is 0 Å². The summed E-state index contributed by atoms with van der Waals surface area (Å²) >= 11 is 0. The monoisotopic (exact) mass is 1120 g/mol. The SMILES string of the molecule is CC/C=C\C/C=C\C/C=C\C/C=C\C/C=C\CCCCCCCCCCCC(=O)OCC(COC(=O)C/C=C\C/C=C\C/C=C\C/C=C\C/C=C\CC)OC(=O)CCCCCCCCCC/C=C\C/C=C\C/C=C\CCCCCCC. The smallest absolute Gasteiger partial charge is 0.309 e. The van der Waals surface area contributed by atoms with Gasteiger partial charge in [-0.1, -0.05) is 288 Å². The van der Waals surface area contributed by atoms with Crippen LogP contribution in [0.5, 0.6) is 0 Å². The van der Waals surface area contributed by atoms with E-state index in [1.165, 1.54) is 109 Å². The molecule has 0 heterocycles. The lowest BCUT2D eigenvalue weighted by Crippen LogP contribution is -2.30. The van der Waals surface area contributed by atoms with Gasteiger partial charge in [0.05, 0.1) is 6.42 Å². The first-order valence-corrected chi connectivity index (χ1v) is 33.0. The van der Waals surface area contributed by atoms with Gasteiger partial charge < -0.3 is 14.2 Å². The quantitative estimate of drug-likeness (QED) is 0.0261. The highest BCUT2D eigenvalue weighted by Gasteiger charge is 2.19. The van der Waals surface area contributed by atoms with Crippen LogP contribution in [-0.4, -0.2) is 37.2 Å². The van der Waals surface area contributed by atoms with Crippen molar-refractivity contribution in [1.29, 1.82) is 0 Å². The van der Waals surface area contributed by atoms with E-state index in [2.05, 4.69) is 167 Å². The molecule has 1 atom stereocenters. The first-order valence-electron chi connectivity index (χ1n) is 33.0. The van der Waals surface area contributed by atoms with Gasteiger partial charge in [-0.3, -0.25) is 14.4 Å². The third-order valence-electron chi connectivity index (χ3n) is 13.5. The summed E-state index contributed by atoms with van der Waals surface area (Å²) in [4.78, 5) is 38.3. The second kappa shape index (κ2) is 67.5. The molecule has 0 spiro atoms. The zero-order valence-electron chi connectivity index (χ0n) is 52.2. The largest absolute Gasteiger partial charge is 0.462 e. The molecule has 0 aromatic heterocycles. The molecule has 81 heavy (non-hydrogen) atoms. The molecule has 0 saturated carbocycles. The van der Waals surface area contributed by atoms with Crippen molar-refractivity contribution in [2.45, 2.75) is 284 Å². The van der Waals surface area contributed by atoms with Crippen molar-refractivity contribution in [2.24, 2.45) is 0 Å². The van der Waals surface area contributed by atoms with Crippen molar-refractivity contribution in [3.05, 3.63) is 158 Å². The van der Waals surface area contributed by atoms with E-state index < -0.39 is 12.1 Å². The maximum atomic E-state index is 12.9. The van der Waals surface area contributed by atoms with Gasteiger partial charge >= 0.3 is 17.9 Å². The molecule has 0 rings (SSSR count). The van der Waals surface area contributed by atoms with Gasteiger partial charge in [0.2, 0.25) is 0 Å². The van der Waals surface area contributed by atoms with Crippen molar-refractivity contribution < 1.29 is 28.6 Å². The molecule has 6 heteroatoms. The Labute approximate surface area is 499 Å². The minimum Gasteiger partial charge on any atom is -0.462 e. The fourth-order valence-electron chi connectivity index (χ4n) is 8.67. The van der Waals surface area contributed by atoms with Crippen LogP contribution < -0.4 is 0 Å². The highest BCUT2D eigenvalue weighted by Crippen LogP contribution is 2.15. The summed E-state index contributed by atoms with van der Waals surface area (Å²) in [7, 11) is 0. The Morgan fingerprint density at radius 3 is 0.864 bits per heavy atom. The zero-order chi connectivity index (χ0) is 58.5. The van der Waals surface area contributed by atoms with E-state index in [0.717, 1.165) is 128 Å². The van der Waals surface area contributed by atoms with Gasteiger partial charge in [-0.05, 0) is 128 Å². The Balaban J connectivity index is 4.47. The standard InChI is InChI=1S/C75H120O6/c1-4-7-10-13-16-19-22-25-28-30-32-34-36-37-39-40-42-44-47-50-53-56-59-62-65-68-74(77)80-71-72(70-79-73(76)67-64-61-58-55-52-49-46-27-24-21-18-15-12-9-6-3)81-75(78)69-66-63-60-57-54-51-48-45-43-41-38-35-33-31-29-26-23-20-17-14-11-8-5-2/h7,9-10,12,16,18-19,21,23,25-28,31-34,37-39,41,46,52,55,61,64,72H,4-6,8,11,13-15,17,20,22,24,29-30,35-36,40,42-45,47-51,53-54,56-60,62-63,65-71H2,1-3H3/b10-7-,12-9-,19-16-,21-18-,26-23-,28-25-,33-31-,34-32-,39-37-,41-38-,46-27-,55-52-,64-61-. The Kier molecular flexibility index (Phi) is 63.4. The summed E-state index contributed by atoms with van der Waals surface area (Å²) in [5.74, 6) is -1.07. The number of esters is 3. The predicted octanol–water partition coefficient (Wildman–Crippen LogP) is 22.9. The van der Waals surface area contributed by atoms with Gasteiger partial charge in [-0.15, -0.1) is 0 Å². The van der Waals surface area contributed by atoms with Crippen molar-refractivity contribution in [1.82, 2.24) is 0 Å². The Morgan fingerprint density at radius 2 is 0.531 bits per heavy atom. The highest BCUT2D eigenvalue weighted by molar-refractivity contribution is 5.72. The normalized spacial score (nSPS) is 13.2. The van der Waals surface area contributed by atoms with E-state index in [1.807, 2.05) is 6.08 Å². The number of hydrogen-bond donors (Lipinski definition) is 0. The highest BCUT2D eigenvalue weighted by atomic mass is 16.6. The predicted molar refractivity (Wildman–Crippen MR) is 352 cm³/mol. The van der Waals surface area contributed by atoms with E-state index in [1.54, 1.807) is 6.08 Å².